The van der Waals surface area contributed by atoms with E-state index in [4.69, 9.17) is 23.2 Å². The summed E-state index contributed by atoms with van der Waals surface area (Å²) in [6.45, 7) is 2.85. The monoisotopic (exact) mass is 391 g/mol. The van der Waals surface area contributed by atoms with Crippen LogP contribution in [0.4, 0.5) is 10.8 Å². The maximum Gasteiger partial charge on any atom is 0.257 e. The number of nitrogens with one attached hydrogen (secondary N) is 2. The topological polar surface area (TPSA) is 54.0 Å². The minimum absolute atomic E-state index is 0.287. The Bertz CT molecular complexity index is 911. The largest absolute Gasteiger partial charge is 0.362 e. The molecule has 0 spiro atoms. The fourth-order valence-corrected chi connectivity index (χ4v) is 3.55. The third kappa shape index (κ3) is 4.31. The fraction of sp³-hybridized carbons (Fsp3) is 0.111. The Morgan fingerprint density at radius 3 is 2.80 bits per heavy atom. The first-order chi connectivity index (χ1) is 12.1. The number of amides is 1. The van der Waals surface area contributed by atoms with Gasteiger partial charge >= 0.3 is 0 Å². The van der Waals surface area contributed by atoms with Crippen molar-refractivity contribution in [3.63, 3.8) is 0 Å². The van der Waals surface area contributed by atoms with Gasteiger partial charge in [0, 0.05) is 28.2 Å². The lowest BCUT2D eigenvalue weighted by molar-refractivity contribution is 0.102. The molecule has 0 bridgehead atoms. The molecular formula is C18H15Cl2N3OS. The number of halogens is 2. The van der Waals surface area contributed by atoms with Gasteiger partial charge in [0.05, 0.1) is 16.3 Å². The second-order valence-corrected chi connectivity index (χ2v) is 6.93. The first-order valence-electron chi connectivity index (χ1n) is 7.63. The van der Waals surface area contributed by atoms with E-state index in [0.29, 0.717) is 21.3 Å². The van der Waals surface area contributed by atoms with Crippen molar-refractivity contribution in [3.8, 4) is 11.3 Å². The van der Waals surface area contributed by atoms with Gasteiger partial charge in [0.1, 0.15) is 0 Å². The molecule has 1 heterocycles. The predicted octanol–water partition coefficient (Wildman–Crippen LogP) is 5.80. The number of anilines is 2. The van der Waals surface area contributed by atoms with E-state index in [2.05, 4.69) is 15.6 Å². The molecule has 1 aromatic heterocycles. The number of aromatic nitrogens is 1. The highest BCUT2D eigenvalue weighted by molar-refractivity contribution is 7.14. The molecule has 128 valence electrons. The Balaban J connectivity index is 1.80. The molecule has 3 aromatic rings. The van der Waals surface area contributed by atoms with Gasteiger partial charge in [0.15, 0.2) is 5.13 Å². The summed E-state index contributed by atoms with van der Waals surface area (Å²) in [5, 5.41) is 9.70. The summed E-state index contributed by atoms with van der Waals surface area (Å²) in [6.07, 6.45) is 0. The molecule has 0 fully saturated rings. The van der Waals surface area contributed by atoms with Crippen molar-refractivity contribution >= 4 is 51.3 Å². The van der Waals surface area contributed by atoms with Gasteiger partial charge in [-0.05, 0) is 37.3 Å². The van der Waals surface area contributed by atoms with Crippen LogP contribution in [0.15, 0.2) is 47.8 Å². The molecule has 25 heavy (non-hydrogen) atoms. The number of carbonyl (C=O) groups excluding carboxylic acids is 1. The van der Waals surface area contributed by atoms with E-state index in [1.807, 2.05) is 36.6 Å². The maximum atomic E-state index is 12.4. The Hall–Kier alpha value is -2.08. The van der Waals surface area contributed by atoms with Gasteiger partial charge in [-0.1, -0.05) is 35.3 Å². The number of carbonyl (C=O) groups is 1. The molecule has 4 nitrogen and oxygen atoms in total. The number of hydrogen-bond acceptors (Lipinski definition) is 4. The fourth-order valence-electron chi connectivity index (χ4n) is 2.27. The quantitative estimate of drug-likeness (QED) is 0.577. The van der Waals surface area contributed by atoms with E-state index in [1.165, 1.54) is 0 Å². The van der Waals surface area contributed by atoms with Gasteiger partial charge in [-0.2, -0.15) is 0 Å². The Morgan fingerprint density at radius 2 is 2.04 bits per heavy atom. The molecular weight excluding hydrogens is 377 g/mol. The van der Waals surface area contributed by atoms with E-state index in [1.54, 1.807) is 29.5 Å². The molecule has 1 amide bonds. The summed E-state index contributed by atoms with van der Waals surface area (Å²) in [4.78, 5) is 17.0. The van der Waals surface area contributed by atoms with Crippen LogP contribution in [0.1, 0.15) is 17.3 Å². The van der Waals surface area contributed by atoms with E-state index in [-0.39, 0.29) is 5.91 Å². The molecule has 0 atom stereocenters. The van der Waals surface area contributed by atoms with Crippen LogP contribution in [0.25, 0.3) is 11.3 Å². The lowest BCUT2D eigenvalue weighted by Crippen LogP contribution is -2.12. The van der Waals surface area contributed by atoms with E-state index >= 15 is 0 Å². The van der Waals surface area contributed by atoms with Gasteiger partial charge in [-0.3, -0.25) is 4.79 Å². The highest BCUT2D eigenvalue weighted by atomic mass is 35.5. The van der Waals surface area contributed by atoms with Gasteiger partial charge in [0.2, 0.25) is 0 Å². The van der Waals surface area contributed by atoms with Crippen molar-refractivity contribution in [3.05, 3.63) is 63.5 Å². The molecule has 3 rings (SSSR count). The first-order valence-corrected chi connectivity index (χ1v) is 9.26. The van der Waals surface area contributed by atoms with Crippen molar-refractivity contribution in [2.45, 2.75) is 6.92 Å². The SMILES string of the molecule is CCNc1nc(-c2cccc(NC(=O)c3ccc(Cl)cc3Cl)c2)cs1. The number of nitrogens with zero attached hydrogens (tertiary/aromatic N) is 1. The summed E-state index contributed by atoms with van der Waals surface area (Å²) in [5.74, 6) is -0.287. The summed E-state index contributed by atoms with van der Waals surface area (Å²) in [5.41, 5.74) is 2.84. The first kappa shape index (κ1) is 17.7. The number of benzene rings is 2. The normalized spacial score (nSPS) is 10.5. The summed E-state index contributed by atoms with van der Waals surface area (Å²) < 4.78 is 0. The summed E-state index contributed by atoms with van der Waals surface area (Å²) in [6, 6.07) is 12.3. The van der Waals surface area contributed by atoms with Crippen LogP contribution in [0.3, 0.4) is 0 Å². The standard InChI is InChI=1S/C18H15Cl2N3OS/c1-2-21-18-23-16(10-25-18)11-4-3-5-13(8-11)22-17(24)14-7-6-12(19)9-15(14)20/h3-10H,2H2,1H3,(H,21,23)(H,22,24). The Kier molecular flexibility index (Phi) is 5.58. The lowest BCUT2D eigenvalue weighted by Gasteiger charge is -2.08. The summed E-state index contributed by atoms with van der Waals surface area (Å²) >= 11 is 13.5. The Morgan fingerprint density at radius 1 is 1.20 bits per heavy atom. The molecule has 0 aliphatic rings. The van der Waals surface area contributed by atoms with Gasteiger partial charge in [-0.25, -0.2) is 4.98 Å². The number of thiazole rings is 1. The van der Waals surface area contributed by atoms with Crippen LogP contribution >= 0.6 is 34.5 Å². The molecule has 0 aliphatic carbocycles. The highest BCUT2D eigenvalue weighted by Crippen LogP contribution is 2.27. The summed E-state index contributed by atoms with van der Waals surface area (Å²) in [7, 11) is 0. The molecule has 0 saturated carbocycles. The average molecular weight is 392 g/mol. The van der Waals surface area contributed by atoms with E-state index in [9.17, 15) is 4.79 Å². The van der Waals surface area contributed by atoms with Crippen LogP contribution < -0.4 is 10.6 Å². The second kappa shape index (κ2) is 7.87. The molecule has 0 radical (unpaired) electrons. The lowest BCUT2D eigenvalue weighted by atomic mass is 10.1. The van der Waals surface area contributed by atoms with Gasteiger partial charge in [-0.15, -0.1) is 11.3 Å². The van der Waals surface area contributed by atoms with E-state index in [0.717, 1.165) is 22.9 Å². The third-order valence-corrected chi connectivity index (χ3v) is 4.77. The number of rotatable bonds is 5. The van der Waals surface area contributed by atoms with Crippen LogP contribution in [-0.4, -0.2) is 17.4 Å². The van der Waals surface area contributed by atoms with Crippen molar-refractivity contribution in [1.82, 2.24) is 4.98 Å². The molecule has 0 unspecified atom stereocenters. The minimum Gasteiger partial charge on any atom is -0.362 e. The minimum atomic E-state index is -0.287. The van der Waals surface area contributed by atoms with Crippen molar-refractivity contribution in [1.29, 1.82) is 0 Å². The van der Waals surface area contributed by atoms with Crippen molar-refractivity contribution in [2.75, 3.05) is 17.2 Å². The van der Waals surface area contributed by atoms with Crippen molar-refractivity contribution < 1.29 is 4.79 Å². The molecule has 7 heteroatoms. The van der Waals surface area contributed by atoms with Crippen LogP contribution in [0.5, 0.6) is 0 Å². The second-order valence-electron chi connectivity index (χ2n) is 5.23. The van der Waals surface area contributed by atoms with E-state index < -0.39 is 0 Å². The van der Waals surface area contributed by atoms with Crippen LogP contribution in [0, 0.1) is 0 Å². The zero-order valence-corrected chi connectivity index (χ0v) is 15.7. The molecule has 0 saturated heterocycles. The maximum absolute atomic E-state index is 12.4. The van der Waals surface area contributed by atoms with Crippen LogP contribution in [-0.2, 0) is 0 Å². The van der Waals surface area contributed by atoms with Gasteiger partial charge in [0.25, 0.3) is 5.91 Å². The third-order valence-electron chi connectivity index (χ3n) is 3.42. The Labute approximate surface area is 159 Å². The van der Waals surface area contributed by atoms with Crippen molar-refractivity contribution in [2.24, 2.45) is 0 Å². The zero-order valence-electron chi connectivity index (χ0n) is 13.3. The highest BCUT2D eigenvalue weighted by Gasteiger charge is 2.12. The van der Waals surface area contributed by atoms with Gasteiger partial charge < -0.3 is 10.6 Å². The molecule has 0 aliphatic heterocycles. The zero-order chi connectivity index (χ0) is 17.8. The smallest absolute Gasteiger partial charge is 0.257 e. The van der Waals surface area contributed by atoms with Crippen LogP contribution in [0.2, 0.25) is 10.0 Å². The molecule has 2 N–H and O–H groups in total. The average Bonchev–Trinajstić information content (AvgIpc) is 3.04. The predicted molar refractivity (Wildman–Crippen MR) is 106 cm³/mol. The number of hydrogen-bond donors (Lipinski definition) is 2. The molecule has 2 aromatic carbocycles.